The lowest BCUT2D eigenvalue weighted by Crippen LogP contribution is -2.29. The minimum Gasteiger partial charge on any atom is -0.273 e. The maximum absolute atomic E-state index is 11.8. The highest BCUT2D eigenvalue weighted by atomic mass is 32.2. The van der Waals surface area contributed by atoms with Crippen molar-refractivity contribution in [2.45, 2.75) is 26.3 Å². The van der Waals surface area contributed by atoms with Crippen LogP contribution < -0.4 is 5.09 Å². The molecule has 0 fully saturated rings. The molecular formula is C8H20NO6PS. The molecule has 9 heteroatoms. The Morgan fingerprint density at radius 1 is 1.41 bits per heavy atom. The van der Waals surface area contributed by atoms with E-state index in [9.17, 15) is 13.0 Å². The molecule has 2 unspecified atom stereocenters. The molecule has 0 aromatic carbocycles. The number of hydrogen-bond donors (Lipinski definition) is 1. The van der Waals surface area contributed by atoms with Gasteiger partial charge in [-0.2, -0.15) is 13.1 Å². The Morgan fingerprint density at radius 3 is 2.47 bits per heavy atom. The highest BCUT2D eigenvalue weighted by Crippen LogP contribution is 2.38. The lowest BCUT2D eigenvalue weighted by molar-refractivity contribution is -0.206. The minimum absolute atomic E-state index is 0.117. The van der Waals surface area contributed by atoms with Gasteiger partial charge in [-0.25, -0.2) is 9.97 Å². The van der Waals surface area contributed by atoms with E-state index >= 15 is 0 Å². The van der Waals surface area contributed by atoms with Crippen molar-refractivity contribution in [2.24, 2.45) is 0 Å². The molecule has 0 saturated carbocycles. The number of rotatable bonds is 9. The van der Waals surface area contributed by atoms with E-state index < -0.39 is 23.7 Å². The quantitative estimate of drug-likeness (QED) is 0.223. The Kier molecular flexibility index (Phi) is 7.46. The summed E-state index contributed by atoms with van der Waals surface area (Å²) in [5, 5.41) is 2.61. The van der Waals surface area contributed by atoms with Crippen molar-refractivity contribution in [3.63, 3.8) is 0 Å². The molecule has 0 aliphatic heterocycles. The van der Waals surface area contributed by atoms with Crippen LogP contribution in [0.4, 0.5) is 0 Å². The molecule has 1 N–H and O–H groups in total. The van der Waals surface area contributed by atoms with Crippen molar-refractivity contribution in [2.75, 3.05) is 26.1 Å². The normalized spacial score (nSPS) is 17.6. The van der Waals surface area contributed by atoms with Crippen LogP contribution in [-0.4, -0.2) is 40.6 Å². The molecule has 2 atom stereocenters. The Labute approximate surface area is 102 Å². The van der Waals surface area contributed by atoms with Crippen LogP contribution in [0.5, 0.6) is 0 Å². The molecule has 0 bridgehead atoms. The average Bonchev–Trinajstić information content (AvgIpc) is 2.13. The third-order valence-corrected chi connectivity index (χ3v) is 3.33. The molecule has 0 saturated heterocycles. The standard InChI is InChI=1S/C8H20NO6PS/c1-5-6-13-15-16(3,10)9-8(2)7-14-17(4,11)12/h8H,5-7H2,1-4H3,(H,9,10). The molecule has 0 aromatic heterocycles. The molecule has 17 heavy (non-hydrogen) atoms. The fourth-order valence-electron chi connectivity index (χ4n) is 0.906. The molecule has 0 rings (SSSR count). The molecular weight excluding hydrogens is 269 g/mol. The van der Waals surface area contributed by atoms with Crippen molar-refractivity contribution in [1.82, 2.24) is 5.09 Å². The molecule has 0 amide bonds. The summed E-state index contributed by atoms with van der Waals surface area (Å²) in [4.78, 5) is 4.71. The van der Waals surface area contributed by atoms with Gasteiger partial charge in [0.05, 0.1) is 19.5 Å². The summed E-state index contributed by atoms with van der Waals surface area (Å²) in [6.07, 6.45) is 1.69. The first-order chi connectivity index (χ1) is 7.66. The molecule has 104 valence electrons. The second-order valence-electron chi connectivity index (χ2n) is 3.76. The van der Waals surface area contributed by atoms with Crippen molar-refractivity contribution in [1.29, 1.82) is 0 Å². The fourth-order valence-corrected chi connectivity index (χ4v) is 2.55. The van der Waals surface area contributed by atoms with Crippen molar-refractivity contribution in [3.8, 4) is 0 Å². The molecule has 0 radical (unpaired) electrons. The molecule has 0 spiro atoms. The highest BCUT2D eigenvalue weighted by Gasteiger charge is 2.21. The lowest BCUT2D eigenvalue weighted by Gasteiger charge is -2.18. The Hall–Kier alpha value is 0.0200. The zero-order valence-corrected chi connectivity index (χ0v) is 12.2. The maximum atomic E-state index is 11.8. The van der Waals surface area contributed by atoms with Gasteiger partial charge < -0.3 is 0 Å². The van der Waals surface area contributed by atoms with Crippen LogP contribution in [0.15, 0.2) is 0 Å². The van der Waals surface area contributed by atoms with E-state index in [-0.39, 0.29) is 6.61 Å². The average molecular weight is 289 g/mol. The predicted octanol–water partition coefficient (Wildman–Crippen LogP) is 1.12. The van der Waals surface area contributed by atoms with Crippen LogP contribution >= 0.6 is 7.52 Å². The smallest absolute Gasteiger partial charge is 0.273 e. The van der Waals surface area contributed by atoms with Gasteiger partial charge >= 0.3 is 0 Å². The Morgan fingerprint density at radius 2 is 2.00 bits per heavy atom. The van der Waals surface area contributed by atoms with E-state index in [0.29, 0.717) is 6.61 Å². The van der Waals surface area contributed by atoms with Gasteiger partial charge in [-0.1, -0.05) is 6.92 Å². The largest absolute Gasteiger partial charge is 0.296 e. The van der Waals surface area contributed by atoms with Gasteiger partial charge in [-0.05, 0) is 13.3 Å². The first kappa shape index (κ1) is 17.0. The highest BCUT2D eigenvalue weighted by molar-refractivity contribution is 7.85. The van der Waals surface area contributed by atoms with Crippen LogP contribution in [0.2, 0.25) is 0 Å². The molecule has 0 aliphatic carbocycles. The summed E-state index contributed by atoms with van der Waals surface area (Å²) in [5.41, 5.74) is 0. The predicted molar refractivity (Wildman–Crippen MR) is 64.3 cm³/mol. The molecule has 7 nitrogen and oxygen atoms in total. The Bertz CT molecular complexity index is 357. The van der Waals surface area contributed by atoms with Gasteiger partial charge in [0.25, 0.3) is 17.6 Å². The first-order valence-electron chi connectivity index (χ1n) is 5.17. The van der Waals surface area contributed by atoms with E-state index in [0.717, 1.165) is 12.7 Å². The molecule has 0 heterocycles. The fraction of sp³-hybridized carbons (Fsp3) is 1.00. The Balaban J connectivity index is 4.00. The summed E-state index contributed by atoms with van der Waals surface area (Å²) < 4.78 is 42.5. The zero-order chi connectivity index (χ0) is 13.5. The van der Waals surface area contributed by atoms with E-state index in [4.69, 9.17) is 9.56 Å². The first-order valence-corrected chi connectivity index (χ1v) is 9.06. The van der Waals surface area contributed by atoms with Gasteiger partial charge in [0.2, 0.25) is 0 Å². The van der Waals surface area contributed by atoms with Gasteiger partial charge in [-0.15, -0.1) is 0 Å². The van der Waals surface area contributed by atoms with Gasteiger partial charge in [0.1, 0.15) is 0 Å². The van der Waals surface area contributed by atoms with Crippen LogP contribution in [0.3, 0.4) is 0 Å². The third-order valence-electron chi connectivity index (χ3n) is 1.47. The van der Waals surface area contributed by atoms with E-state index in [1.54, 1.807) is 6.92 Å². The molecule has 0 aromatic rings. The van der Waals surface area contributed by atoms with Crippen LogP contribution in [0.25, 0.3) is 0 Å². The third kappa shape index (κ3) is 10.9. The van der Waals surface area contributed by atoms with E-state index in [1.165, 1.54) is 6.66 Å². The number of hydrogen-bond acceptors (Lipinski definition) is 6. The van der Waals surface area contributed by atoms with E-state index in [2.05, 4.69) is 9.27 Å². The zero-order valence-electron chi connectivity index (χ0n) is 10.5. The van der Waals surface area contributed by atoms with Crippen LogP contribution in [0, 0.1) is 0 Å². The van der Waals surface area contributed by atoms with Crippen LogP contribution in [0.1, 0.15) is 20.3 Å². The summed E-state index contributed by atoms with van der Waals surface area (Å²) >= 11 is 0. The second-order valence-corrected chi connectivity index (χ2v) is 7.50. The SMILES string of the molecule is CCCOOP(C)(=O)NC(C)COS(C)(=O)=O. The second kappa shape index (κ2) is 7.45. The van der Waals surface area contributed by atoms with Gasteiger partial charge in [-0.3, -0.25) is 8.75 Å². The number of nitrogens with one attached hydrogen (secondary N) is 1. The summed E-state index contributed by atoms with van der Waals surface area (Å²) in [6, 6.07) is -0.439. The summed E-state index contributed by atoms with van der Waals surface area (Å²) in [7, 11) is -6.60. The summed E-state index contributed by atoms with van der Waals surface area (Å²) in [5.74, 6) is 0. The van der Waals surface area contributed by atoms with Crippen molar-refractivity contribution < 1.29 is 26.7 Å². The maximum Gasteiger partial charge on any atom is 0.296 e. The lowest BCUT2D eigenvalue weighted by atomic mass is 10.4. The van der Waals surface area contributed by atoms with Gasteiger partial charge in [0.15, 0.2) is 0 Å². The van der Waals surface area contributed by atoms with E-state index in [1.807, 2.05) is 6.92 Å². The molecule has 0 aliphatic rings. The topological polar surface area (TPSA) is 90.9 Å². The van der Waals surface area contributed by atoms with Crippen molar-refractivity contribution in [3.05, 3.63) is 0 Å². The minimum atomic E-state index is -3.50. The van der Waals surface area contributed by atoms with Crippen molar-refractivity contribution >= 4 is 17.6 Å². The van der Waals surface area contributed by atoms with Crippen LogP contribution in [-0.2, 0) is 28.4 Å². The summed E-state index contributed by atoms with van der Waals surface area (Å²) in [6.45, 7) is 5.09. The van der Waals surface area contributed by atoms with Gasteiger partial charge in [0, 0.05) is 12.7 Å². The monoisotopic (exact) mass is 289 g/mol.